The Kier molecular flexibility index (Phi) is 3.50. The Bertz CT molecular complexity index is 797. The Hall–Kier alpha value is -1.97. The molecule has 1 aromatic heterocycles. The summed E-state index contributed by atoms with van der Waals surface area (Å²) >= 11 is 5.72. The summed E-state index contributed by atoms with van der Waals surface area (Å²) in [6.45, 7) is 0. The van der Waals surface area contributed by atoms with Gasteiger partial charge in [-0.25, -0.2) is 4.98 Å². The Morgan fingerprint density at radius 2 is 1.90 bits per heavy atom. The van der Waals surface area contributed by atoms with E-state index in [1.54, 1.807) is 0 Å². The van der Waals surface area contributed by atoms with Gasteiger partial charge in [0.1, 0.15) is 9.92 Å². The van der Waals surface area contributed by atoms with E-state index < -0.39 is 21.0 Å². The lowest BCUT2D eigenvalue weighted by Crippen LogP contribution is -2.04. The smallest absolute Gasteiger partial charge is 0.296 e. The molecule has 5 N–H and O–H groups in total. The van der Waals surface area contributed by atoms with Crippen LogP contribution in [0.25, 0.3) is 11.3 Å². The van der Waals surface area contributed by atoms with Crippen LogP contribution in [0, 0.1) is 5.95 Å². The van der Waals surface area contributed by atoms with Crippen LogP contribution in [0.4, 0.5) is 16.0 Å². The van der Waals surface area contributed by atoms with E-state index in [2.05, 4.69) is 9.97 Å². The van der Waals surface area contributed by atoms with E-state index in [9.17, 15) is 12.8 Å². The minimum Gasteiger partial charge on any atom is -0.398 e. The third kappa shape index (κ3) is 2.64. The second kappa shape index (κ2) is 4.85. The fraction of sp³-hybridized carbons (Fsp3) is 0. The number of rotatable bonds is 2. The summed E-state index contributed by atoms with van der Waals surface area (Å²) in [5, 5.41) is -0.377. The molecule has 106 valence electrons. The molecule has 0 radical (unpaired) electrons. The van der Waals surface area contributed by atoms with E-state index in [0.717, 1.165) is 6.07 Å². The number of nitrogen functional groups attached to an aromatic ring is 2. The second-order valence-electron chi connectivity index (χ2n) is 3.76. The van der Waals surface area contributed by atoms with E-state index in [0.29, 0.717) is 0 Å². The van der Waals surface area contributed by atoms with Crippen LogP contribution in [0.3, 0.4) is 0 Å². The number of anilines is 2. The average Bonchev–Trinajstić information content (AvgIpc) is 2.32. The molecule has 0 aliphatic heterocycles. The zero-order valence-corrected chi connectivity index (χ0v) is 11.3. The predicted octanol–water partition coefficient (Wildman–Crippen LogP) is 1.35. The highest BCUT2D eigenvalue weighted by Crippen LogP contribution is 2.31. The molecular weight excluding hydrogens is 311 g/mol. The van der Waals surface area contributed by atoms with Crippen molar-refractivity contribution in [1.82, 2.24) is 9.97 Å². The molecule has 0 saturated heterocycles. The molecular formula is C10H8ClFN4O3S. The second-order valence-corrected chi connectivity index (χ2v) is 5.53. The lowest BCUT2D eigenvalue weighted by atomic mass is 10.1. The molecule has 20 heavy (non-hydrogen) atoms. The molecule has 0 unspecified atom stereocenters. The van der Waals surface area contributed by atoms with Crippen LogP contribution in [0.1, 0.15) is 0 Å². The topological polar surface area (TPSA) is 132 Å². The van der Waals surface area contributed by atoms with E-state index in [4.69, 9.17) is 27.6 Å². The third-order valence-corrected chi connectivity index (χ3v) is 3.65. The first kappa shape index (κ1) is 14.4. The maximum Gasteiger partial charge on any atom is 0.296 e. The van der Waals surface area contributed by atoms with Gasteiger partial charge in [-0.15, -0.1) is 0 Å². The standard InChI is InChI=1S/C10H8ClFN4O3S/c11-7-8(15-10(14)16-9(7)12)4-1-2-6(5(13)3-4)20(17,18)19/h1-3H,13H2,(H2,14,15,16)(H,17,18,19). The Morgan fingerprint density at radius 1 is 1.25 bits per heavy atom. The lowest BCUT2D eigenvalue weighted by molar-refractivity contribution is 0.483. The molecule has 0 aliphatic carbocycles. The third-order valence-electron chi connectivity index (χ3n) is 2.39. The molecule has 0 spiro atoms. The van der Waals surface area contributed by atoms with Gasteiger partial charge in [-0.05, 0) is 12.1 Å². The fourth-order valence-electron chi connectivity index (χ4n) is 1.56. The molecule has 0 atom stereocenters. The number of nitrogens with zero attached hydrogens (tertiary/aromatic N) is 2. The molecule has 0 saturated carbocycles. The number of nitrogens with two attached hydrogens (primary N) is 2. The van der Waals surface area contributed by atoms with Crippen LogP contribution >= 0.6 is 11.6 Å². The molecule has 0 fully saturated rings. The maximum atomic E-state index is 13.4. The van der Waals surface area contributed by atoms with Gasteiger partial charge in [0.2, 0.25) is 11.9 Å². The van der Waals surface area contributed by atoms with Crippen LogP contribution in [-0.2, 0) is 10.1 Å². The molecule has 10 heteroatoms. The van der Waals surface area contributed by atoms with Gasteiger partial charge in [0.05, 0.1) is 11.4 Å². The summed E-state index contributed by atoms with van der Waals surface area (Å²) in [6, 6.07) is 3.48. The molecule has 0 aliphatic rings. The van der Waals surface area contributed by atoms with Gasteiger partial charge < -0.3 is 11.5 Å². The van der Waals surface area contributed by atoms with Crippen LogP contribution in [-0.4, -0.2) is 22.9 Å². The van der Waals surface area contributed by atoms with Crippen LogP contribution in [0.2, 0.25) is 5.02 Å². The normalized spacial score (nSPS) is 11.6. The summed E-state index contributed by atoms with van der Waals surface area (Å²) in [5.41, 5.74) is 10.8. The number of aromatic nitrogens is 2. The summed E-state index contributed by atoms with van der Waals surface area (Å²) in [5.74, 6) is -1.34. The molecule has 2 aromatic rings. The van der Waals surface area contributed by atoms with Gasteiger partial charge >= 0.3 is 0 Å². The van der Waals surface area contributed by atoms with Crippen molar-refractivity contribution in [2.75, 3.05) is 11.5 Å². The SMILES string of the molecule is Nc1nc(F)c(Cl)c(-c2ccc(S(=O)(=O)O)c(N)c2)n1. The summed E-state index contributed by atoms with van der Waals surface area (Å²) in [6.07, 6.45) is 0. The van der Waals surface area contributed by atoms with Gasteiger partial charge in [-0.1, -0.05) is 17.7 Å². The maximum absolute atomic E-state index is 13.4. The van der Waals surface area contributed by atoms with Gasteiger partial charge in [0.15, 0.2) is 0 Å². The van der Waals surface area contributed by atoms with Crippen molar-refractivity contribution < 1.29 is 17.4 Å². The Labute approximate surface area is 118 Å². The van der Waals surface area contributed by atoms with E-state index >= 15 is 0 Å². The van der Waals surface area contributed by atoms with Gasteiger partial charge in [0.25, 0.3) is 10.1 Å². The Morgan fingerprint density at radius 3 is 2.45 bits per heavy atom. The van der Waals surface area contributed by atoms with Crippen LogP contribution in [0.15, 0.2) is 23.1 Å². The minimum absolute atomic E-state index is 0.0368. The van der Waals surface area contributed by atoms with Crippen molar-refractivity contribution in [3.05, 3.63) is 29.2 Å². The van der Waals surface area contributed by atoms with E-state index in [1.165, 1.54) is 12.1 Å². The number of halogens is 2. The molecule has 0 bridgehead atoms. The fourth-order valence-corrected chi connectivity index (χ4v) is 2.35. The Balaban J connectivity index is 2.64. The first-order valence-electron chi connectivity index (χ1n) is 5.06. The monoisotopic (exact) mass is 318 g/mol. The number of benzene rings is 1. The molecule has 2 rings (SSSR count). The molecule has 7 nitrogen and oxygen atoms in total. The van der Waals surface area contributed by atoms with E-state index in [-0.39, 0.29) is 27.9 Å². The number of hydrogen-bond acceptors (Lipinski definition) is 6. The number of hydrogen-bond donors (Lipinski definition) is 3. The van der Waals surface area contributed by atoms with Crippen molar-refractivity contribution in [2.45, 2.75) is 4.90 Å². The van der Waals surface area contributed by atoms with Crippen LogP contribution in [0.5, 0.6) is 0 Å². The predicted molar refractivity (Wildman–Crippen MR) is 71.1 cm³/mol. The van der Waals surface area contributed by atoms with Crippen LogP contribution < -0.4 is 11.5 Å². The van der Waals surface area contributed by atoms with Crippen molar-refractivity contribution in [2.24, 2.45) is 0 Å². The first-order chi connectivity index (χ1) is 9.20. The van der Waals surface area contributed by atoms with Gasteiger partial charge in [-0.2, -0.15) is 17.8 Å². The first-order valence-corrected chi connectivity index (χ1v) is 6.88. The largest absolute Gasteiger partial charge is 0.398 e. The minimum atomic E-state index is -4.45. The summed E-state index contributed by atoms with van der Waals surface area (Å²) in [7, 11) is -4.45. The summed E-state index contributed by atoms with van der Waals surface area (Å²) < 4.78 is 44.3. The lowest BCUT2D eigenvalue weighted by Gasteiger charge is -2.08. The zero-order valence-electron chi connectivity index (χ0n) is 9.71. The quantitative estimate of drug-likeness (QED) is 0.432. The van der Waals surface area contributed by atoms with Crippen molar-refractivity contribution in [3.8, 4) is 11.3 Å². The van der Waals surface area contributed by atoms with Crippen molar-refractivity contribution in [3.63, 3.8) is 0 Å². The summed E-state index contributed by atoms with van der Waals surface area (Å²) in [4.78, 5) is 6.53. The zero-order chi connectivity index (χ0) is 15.1. The molecule has 1 heterocycles. The van der Waals surface area contributed by atoms with Gasteiger partial charge in [-0.3, -0.25) is 4.55 Å². The van der Waals surface area contributed by atoms with E-state index in [1.807, 2.05) is 0 Å². The van der Waals surface area contributed by atoms with Crippen molar-refractivity contribution in [1.29, 1.82) is 0 Å². The highest BCUT2D eigenvalue weighted by molar-refractivity contribution is 7.86. The molecule has 1 aromatic carbocycles. The molecule has 0 amide bonds. The highest BCUT2D eigenvalue weighted by atomic mass is 35.5. The average molecular weight is 319 g/mol. The highest BCUT2D eigenvalue weighted by Gasteiger charge is 2.18. The van der Waals surface area contributed by atoms with Gasteiger partial charge in [0, 0.05) is 5.56 Å². The van der Waals surface area contributed by atoms with Crippen molar-refractivity contribution >= 4 is 33.4 Å².